The first-order valence-corrected chi connectivity index (χ1v) is 42.8. The monoisotopic (exact) mass is 1580 g/mol. The van der Waals surface area contributed by atoms with E-state index in [1.807, 2.05) is 55.1 Å². The molecule has 600 valence electrons. The van der Waals surface area contributed by atoms with E-state index in [9.17, 15) is 0 Å². The largest absolute Gasteiger partial charge is 0.256 e. The van der Waals surface area contributed by atoms with E-state index in [-0.39, 0.29) is 21.7 Å². The van der Waals surface area contributed by atoms with Gasteiger partial charge in [-0.2, -0.15) is 0 Å². The van der Waals surface area contributed by atoms with E-state index < -0.39 is 20.6 Å². The van der Waals surface area contributed by atoms with Crippen molar-refractivity contribution in [3.05, 3.63) is 349 Å². The summed E-state index contributed by atoms with van der Waals surface area (Å²) in [4.78, 5) is 4.86. The van der Waals surface area contributed by atoms with E-state index in [1.54, 1.807) is 18.3 Å². The number of aryl methyl sites for hydroxylation is 18. The lowest BCUT2D eigenvalue weighted by Gasteiger charge is -2.49. The molecule has 5 nitrogen and oxygen atoms in total. The van der Waals surface area contributed by atoms with Gasteiger partial charge in [-0.15, -0.1) is 0 Å². The second-order valence-corrected chi connectivity index (χ2v) is 37.3. The Labute approximate surface area is 726 Å². The number of aromatic nitrogens is 5. The van der Waals surface area contributed by atoms with E-state index in [1.165, 1.54) is 155 Å². The summed E-state index contributed by atoms with van der Waals surface area (Å²) in [6.07, 6.45) is 13.9. The van der Waals surface area contributed by atoms with E-state index >= 15 is 0 Å². The number of pyridine rings is 5. The average Bonchev–Trinajstić information content (AvgIpc) is 0.698. The van der Waals surface area contributed by atoms with E-state index in [0.717, 1.165) is 97.7 Å². The van der Waals surface area contributed by atoms with E-state index in [2.05, 4.69) is 328 Å². The Morgan fingerprint density at radius 1 is 0.292 bits per heavy atom. The third-order valence-corrected chi connectivity index (χ3v) is 28.4. The summed E-state index contributed by atoms with van der Waals surface area (Å²) >= 11 is 0. The molecule has 0 saturated carbocycles. The van der Waals surface area contributed by atoms with E-state index in [4.69, 9.17) is 17.3 Å². The van der Waals surface area contributed by atoms with Gasteiger partial charge in [0.25, 0.3) is 0 Å². The minimum atomic E-state index is -2.17. The molecule has 4 aliphatic carbocycles. The molecule has 0 bridgehead atoms. The molecule has 0 spiro atoms. The van der Waals surface area contributed by atoms with Crippen molar-refractivity contribution >= 4 is 43.2 Å². The summed E-state index contributed by atoms with van der Waals surface area (Å²) in [5, 5.41) is 8.35. The Balaban J connectivity index is 0.000000121. The number of fused-ring (bicyclic) bond motifs is 18. The van der Waals surface area contributed by atoms with Gasteiger partial charge in [0.05, 0.1) is 27.8 Å². The smallest absolute Gasteiger partial charge is 0.213 e. The Morgan fingerprint density at radius 2 is 0.817 bits per heavy atom. The van der Waals surface area contributed by atoms with Crippen molar-refractivity contribution in [1.82, 2.24) is 4.98 Å². The predicted molar refractivity (Wildman–Crippen MR) is 506 cm³/mol. The lowest BCUT2D eigenvalue weighted by Crippen LogP contribution is -2.44. The molecule has 16 aromatic rings. The van der Waals surface area contributed by atoms with Crippen molar-refractivity contribution in [3.63, 3.8) is 0 Å². The summed E-state index contributed by atoms with van der Waals surface area (Å²) in [6, 6.07) is 73.3. The Morgan fingerprint density at radius 3 is 1.47 bits per heavy atom. The molecule has 5 aromatic heterocycles. The molecule has 0 radical (unpaired) electrons. The number of rotatable bonds is 4. The predicted octanol–water partition coefficient (Wildman–Crippen LogP) is 26.4. The SMILES string of the molecule is Cc1cc[n+](C)c(-c2c(C)ccc3c2C(C)(C)C(C)(C)c2cc4cc(C)ccc4cc2-3)c1.[2H]C([2H])([2H])c1cc(C)c(-c2cc(C)cc[n+]2C)c2c1-c1cc3ccc(C)cc3cc1CC2.[2H]C([2H])([2H])c1ccc(-c2c(C)ccc3c2-c2cnc4ccccc4c2C(C)(C)C3(C)C)[n+](C)c1.[2H]C([2H])([2H])c1ccc2c3c(ccc2c1)CCc1c-3ccc(C)c1-c1cc(C)cc[n+]1C. The first-order chi connectivity index (χ1) is 60.7. The average molecular weight is 1580 g/mol. The van der Waals surface area contributed by atoms with Crippen molar-refractivity contribution in [2.75, 3.05) is 0 Å². The summed E-state index contributed by atoms with van der Waals surface area (Å²) in [5.41, 5.74) is 43.0. The molecule has 0 N–H and O–H groups in total. The second-order valence-electron chi connectivity index (χ2n) is 37.3. The molecule has 0 aliphatic heterocycles. The van der Waals surface area contributed by atoms with Crippen LogP contribution in [0.5, 0.6) is 0 Å². The fourth-order valence-electron chi connectivity index (χ4n) is 20.6. The first-order valence-electron chi connectivity index (χ1n) is 47.3. The van der Waals surface area contributed by atoms with Gasteiger partial charge in [-0.25, -0.2) is 18.3 Å². The molecule has 120 heavy (non-hydrogen) atoms. The number of para-hydroxylation sites is 1. The molecule has 0 saturated heterocycles. The molecule has 0 unspecified atom stereocenters. The van der Waals surface area contributed by atoms with Gasteiger partial charge in [0.15, 0.2) is 24.8 Å². The van der Waals surface area contributed by atoms with Gasteiger partial charge in [0.2, 0.25) is 22.8 Å². The van der Waals surface area contributed by atoms with Gasteiger partial charge in [0.1, 0.15) is 28.2 Å². The lowest BCUT2D eigenvalue weighted by molar-refractivity contribution is -0.660. The maximum absolute atomic E-state index is 8.32. The lowest BCUT2D eigenvalue weighted by atomic mass is 9.54. The van der Waals surface area contributed by atoms with Crippen LogP contribution >= 0.6 is 0 Å². The van der Waals surface area contributed by atoms with Crippen LogP contribution in [0.3, 0.4) is 0 Å². The van der Waals surface area contributed by atoms with Crippen LogP contribution in [-0.4, -0.2) is 4.98 Å². The highest BCUT2D eigenvalue weighted by Gasteiger charge is 2.50. The maximum Gasteiger partial charge on any atom is 0.213 e. The molecular weight excluding hydrogens is 1450 g/mol. The summed E-state index contributed by atoms with van der Waals surface area (Å²) in [7, 11) is 8.26. The van der Waals surface area contributed by atoms with Crippen LogP contribution in [0.4, 0.5) is 0 Å². The van der Waals surface area contributed by atoms with Gasteiger partial charge in [-0.3, -0.25) is 4.98 Å². The quantitative estimate of drug-likeness (QED) is 0.161. The van der Waals surface area contributed by atoms with Gasteiger partial charge in [-0.1, -0.05) is 206 Å². The molecule has 11 aromatic carbocycles. The number of benzene rings is 11. The number of hydrogen-bond acceptors (Lipinski definition) is 1. The third kappa shape index (κ3) is 13.5. The summed E-state index contributed by atoms with van der Waals surface area (Å²) < 4.78 is 80.3. The molecule has 0 atom stereocenters. The molecule has 20 rings (SSSR count). The van der Waals surface area contributed by atoms with Gasteiger partial charge >= 0.3 is 0 Å². The van der Waals surface area contributed by atoms with Crippen molar-refractivity contribution in [1.29, 1.82) is 0 Å². The topological polar surface area (TPSA) is 28.4 Å². The minimum absolute atomic E-state index is 0.0157. The maximum atomic E-state index is 8.32. The van der Waals surface area contributed by atoms with Crippen molar-refractivity contribution < 1.29 is 30.6 Å². The van der Waals surface area contributed by atoms with Gasteiger partial charge in [-0.05, 0) is 304 Å². The number of nitrogens with zero attached hydrogens (tertiary/aromatic N) is 5. The highest BCUT2D eigenvalue weighted by molar-refractivity contribution is 6.03. The summed E-state index contributed by atoms with van der Waals surface area (Å²) in [5.74, 6) is 0. The van der Waals surface area contributed by atoms with Gasteiger partial charge in [0, 0.05) is 93.9 Å². The minimum Gasteiger partial charge on any atom is -0.256 e. The van der Waals surface area contributed by atoms with Crippen LogP contribution in [-0.2, 0) is 75.5 Å². The number of hydrogen-bond donors (Lipinski definition) is 0. The normalized spacial score (nSPS) is 15.9. The van der Waals surface area contributed by atoms with Crippen molar-refractivity contribution in [2.45, 2.75) is 186 Å². The Kier molecular flexibility index (Phi) is 17.6. The zero-order chi connectivity index (χ0) is 92.3. The zero-order valence-electron chi connectivity index (χ0n) is 83.1. The zero-order valence-corrected chi connectivity index (χ0v) is 74.1. The molecule has 0 fully saturated rings. The van der Waals surface area contributed by atoms with E-state index in [0.29, 0.717) is 16.7 Å². The van der Waals surface area contributed by atoms with Crippen LogP contribution in [0.1, 0.15) is 179 Å². The van der Waals surface area contributed by atoms with Crippen LogP contribution in [0.2, 0.25) is 0 Å². The highest BCUT2D eigenvalue weighted by atomic mass is 14.9. The molecular formula is C115H119N5+4. The highest BCUT2D eigenvalue weighted by Crippen LogP contribution is 2.60. The fourth-order valence-corrected chi connectivity index (χ4v) is 20.6. The standard InChI is InChI=1S/C31H34N.C29H31N2.C28H28N.C27H26N/c1-19-9-11-22-17-25-24-12-10-21(3)28(27-16-20(2)13-14-32(27)8)29(24)31(6,7)30(4,5)26(25)18-23(22)15-19;1-18-12-15-24(31(7)17-18)25-19(2)13-14-22-26(25)21-16-30-23-11-9-8-10-20(23)27(21)29(5,6)28(22,3)4;1-17-6-7-21-16-25-22(15-23(21)12-17)8-9-24-27(25)19(3)14-20(4)28(24)26-13-18(2)10-11-29(26)5;1-17-5-10-22-21(15-17)8-7-20-9-12-23-24(27(20)22)11-6-19(3)26(23)25-16-18(2)13-14-28(25)4/h9-18H,1-8H3;8-17H,1-7H3;6-7,10-16H,8-9H2,1-5H3;5-8,10-11,13-16H,9,12H2,1-4H3/q4*+1/i;1D3;3D3;1D3. The Bertz CT molecular complexity index is 7350. The molecule has 5 heteroatoms. The van der Waals surface area contributed by atoms with Crippen LogP contribution in [0.15, 0.2) is 237 Å². The Hall–Kier alpha value is -11.8. The van der Waals surface area contributed by atoms with Crippen LogP contribution < -0.4 is 18.3 Å². The molecule has 0 amide bonds. The van der Waals surface area contributed by atoms with Crippen LogP contribution in [0, 0.1) is 82.9 Å². The van der Waals surface area contributed by atoms with Crippen molar-refractivity contribution in [3.8, 4) is 89.5 Å². The van der Waals surface area contributed by atoms with Gasteiger partial charge < -0.3 is 0 Å². The second kappa shape index (κ2) is 30.2. The van der Waals surface area contributed by atoms with Crippen molar-refractivity contribution in [2.24, 2.45) is 28.2 Å². The fraction of sp³-hybridized carbons (Fsp3) is 0.278. The van der Waals surface area contributed by atoms with Crippen LogP contribution in [0.25, 0.3) is 133 Å². The molecule has 4 aliphatic rings. The third-order valence-electron chi connectivity index (χ3n) is 28.4. The molecule has 5 heterocycles. The summed E-state index contributed by atoms with van der Waals surface area (Å²) in [6.45, 7) is 32.0. The first kappa shape index (κ1) is 70.1.